The highest BCUT2D eigenvalue weighted by atomic mass is 16.4. The minimum Gasteiger partial charge on any atom is -0.476 e. The van der Waals surface area contributed by atoms with Gasteiger partial charge in [0, 0.05) is 13.0 Å². The molecule has 2 heterocycles. The molecule has 0 spiro atoms. The first-order chi connectivity index (χ1) is 9.66. The minimum absolute atomic E-state index is 0.0110. The van der Waals surface area contributed by atoms with Crippen LogP contribution >= 0.6 is 0 Å². The summed E-state index contributed by atoms with van der Waals surface area (Å²) in [6.07, 6.45) is 1.28. The number of carboxylic acid groups (broad SMARTS) is 1. The van der Waals surface area contributed by atoms with Crippen LogP contribution in [0.5, 0.6) is 0 Å². The van der Waals surface area contributed by atoms with Crippen molar-refractivity contribution >= 4 is 5.97 Å². The molecule has 0 saturated heterocycles. The highest BCUT2D eigenvalue weighted by Gasteiger charge is 2.29. The lowest BCUT2D eigenvalue weighted by molar-refractivity contribution is 0.0677. The van der Waals surface area contributed by atoms with Crippen molar-refractivity contribution in [2.75, 3.05) is 0 Å². The number of carboxylic acids is 1. The first kappa shape index (κ1) is 12.9. The zero-order valence-corrected chi connectivity index (χ0v) is 11.0. The van der Waals surface area contributed by atoms with Crippen LogP contribution in [0.25, 0.3) is 0 Å². The first-order valence-corrected chi connectivity index (χ1v) is 6.71. The van der Waals surface area contributed by atoms with Crippen LogP contribution in [0.2, 0.25) is 0 Å². The van der Waals surface area contributed by atoms with Crippen LogP contribution in [-0.4, -0.2) is 25.7 Å². The van der Waals surface area contributed by atoms with E-state index in [1.54, 1.807) is 0 Å². The Morgan fingerprint density at radius 3 is 2.80 bits per heavy atom. The van der Waals surface area contributed by atoms with E-state index in [0.717, 1.165) is 18.5 Å². The molecule has 5 nitrogen and oxygen atoms in total. The average Bonchev–Trinajstić information content (AvgIpc) is 2.81. The van der Waals surface area contributed by atoms with Crippen LogP contribution in [0.4, 0.5) is 0 Å². The molecule has 1 aromatic heterocycles. The maximum atomic E-state index is 11.3. The van der Waals surface area contributed by atoms with Crippen LogP contribution in [-0.2, 0) is 13.0 Å². The van der Waals surface area contributed by atoms with Gasteiger partial charge in [-0.15, -0.1) is 0 Å². The van der Waals surface area contributed by atoms with Gasteiger partial charge in [-0.05, 0) is 18.4 Å². The maximum absolute atomic E-state index is 11.3. The van der Waals surface area contributed by atoms with Gasteiger partial charge in [0.15, 0.2) is 5.69 Å². The third-order valence-electron chi connectivity index (χ3n) is 3.67. The molecule has 104 valence electrons. The number of aromatic carboxylic acids is 1. The second-order valence-corrected chi connectivity index (χ2v) is 5.04. The zero-order chi connectivity index (χ0) is 14.1. The Morgan fingerprint density at radius 1 is 1.35 bits per heavy atom. The number of hydrogen-bond donors (Lipinski definition) is 2. The van der Waals surface area contributed by atoms with Crippen molar-refractivity contribution in [3.63, 3.8) is 0 Å². The second kappa shape index (κ2) is 5.09. The van der Waals surface area contributed by atoms with E-state index >= 15 is 0 Å². The topological polar surface area (TPSA) is 75.3 Å². The molecule has 2 N–H and O–H groups in total. The largest absolute Gasteiger partial charge is 0.476 e. The number of benzene rings is 1. The minimum atomic E-state index is -1.07. The summed E-state index contributed by atoms with van der Waals surface area (Å²) in [5.74, 6) is -0.364. The molecule has 0 amide bonds. The fraction of sp³-hybridized carbons (Fsp3) is 0.333. The van der Waals surface area contributed by atoms with Crippen molar-refractivity contribution in [2.45, 2.75) is 31.9 Å². The Morgan fingerprint density at radius 2 is 2.10 bits per heavy atom. The van der Waals surface area contributed by atoms with Gasteiger partial charge >= 0.3 is 5.97 Å². The number of rotatable bonds is 3. The van der Waals surface area contributed by atoms with E-state index < -0.39 is 12.1 Å². The molecule has 1 aromatic carbocycles. The molecule has 5 heteroatoms. The number of carbonyl (C=O) groups is 1. The molecular formula is C15H16N2O3. The molecule has 2 aromatic rings. The quantitative estimate of drug-likeness (QED) is 0.896. The summed E-state index contributed by atoms with van der Waals surface area (Å²) in [7, 11) is 0. The van der Waals surface area contributed by atoms with Gasteiger partial charge in [0.2, 0.25) is 0 Å². The first-order valence-electron chi connectivity index (χ1n) is 6.71. The zero-order valence-electron chi connectivity index (χ0n) is 11.0. The monoisotopic (exact) mass is 272 g/mol. The fourth-order valence-electron chi connectivity index (χ4n) is 2.75. The van der Waals surface area contributed by atoms with Gasteiger partial charge in [0.05, 0.1) is 11.8 Å². The Kier molecular flexibility index (Phi) is 3.28. The number of aliphatic hydroxyl groups is 1. The van der Waals surface area contributed by atoms with Crippen molar-refractivity contribution in [2.24, 2.45) is 0 Å². The van der Waals surface area contributed by atoms with Crippen molar-refractivity contribution in [3.05, 3.63) is 53.1 Å². The molecule has 1 aliphatic rings. The SMILES string of the molecule is O=C(O)c1nc(Cc2ccccc2)n2c1C(O)CCC2. The Balaban J connectivity index is 2.03. The van der Waals surface area contributed by atoms with E-state index in [1.165, 1.54) is 0 Å². The van der Waals surface area contributed by atoms with Crippen molar-refractivity contribution < 1.29 is 15.0 Å². The highest BCUT2D eigenvalue weighted by Crippen LogP contribution is 2.30. The van der Waals surface area contributed by atoms with Gasteiger partial charge < -0.3 is 14.8 Å². The number of hydrogen-bond acceptors (Lipinski definition) is 3. The summed E-state index contributed by atoms with van der Waals surface area (Å²) in [6.45, 7) is 0.717. The predicted octanol–water partition coefficient (Wildman–Crippen LogP) is 2.00. The molecule has 0 saturated carbocycles. The van der Waals surface area contributed by atoms with Gasteiger partial charge in [-0.1, -0.05) is 30.3 Å². The van der Waals surface area contributed by atoms with Crippen LogP contribution in [0.3, 0.4) is 0 Å². The van der Waals surface area contributed by atoms with Gasteiger partial charge in [0.1, 0.15) is 5.82 Å². The lowest BCUT2D eigenvalue weighted by Gasteiger charge is -2.21. The molecule has 0 fully saturated rings. The molecule has 1 aliphatic heterocycles. The van der Waals surface area contributed by atoms with E-state index in [2.05, 4.69) is 4.98 Å². The number of nitrogens with zero attached hydrogens (tertiary/aromatic N) is 2. The van der Waals surface area contributed by atoms with Gasteiger partial charge in [0.25, 0.3) is 0 Å². The number of aromatic nitrogens is 2. The van der Waals surface area contributed by atoms with Crippen molar-refractivity contribution in [1.82, 2.24) is 9.55 Å². The third kappa shape index (κ3) is 2.20. The van der Waals surface area contributed by atoms with Gasteiger partial charge in [-0.3, -0.25) is 0 Å². The summed E-state index contributed by atoms with van der Waals surface area (Å²) in [5.41, 5.74) is 1.52. The van der Waals surface area contributed by atoms with E-state index in [-0.39, 0.29) is 5.69 Å². The summed E-state index contributed by atoms with van der Waals surface area (Å²) in [4.78, 5) is 15.5. The van der Waals surface area contributed by atoms with Crippen LogP contribution < -0.4 is 0 Å². The smallest absolute Gasteiger partial charge is 0.356 e. The lowest BCUT2D eigenvalue weighted by atomic mass is 10.0. The van der Waals surface area contributed by atoms with Crippen molar-refractivity contribution in [1.29, 1.82) is 0 Å². The van der Waals surface area contributed by atoms with E-state index in [0.29, 0.717) is 24.4 Å². The standard InChI is InChI=1S/C15H16N2O3/c18-11-7-4-8-17-12(9-10-5-2-1-3-6-10)16-13(14(11)17)15(19)20/h1-3,5-6,11,18H,4,7-9H2,(H,19,20). The second-order valence-electron chi connectivity index (χ2n) is 5.04. The summed E-state index contributed by atoms with van der Waals surface area (Å²) in [6, 6.07) is 9.81. The van der Waals surface area contributed by atoms with Crippen LogP contribution in [0.15, 0.2) is 30.3 Å². The predicted molar refractivity (Wildman–Crippen MR) is 72.6 cm³/mol. The van der Waals surface area contributed by atoms with Gasteiger partial charge in [-0.2, -0.15) is 0 Å². The molecular weight excluding hydrogens is 256 g/mol. The lowest BCUT2D eigenvalue weighted by Crippen LogP contribution is -2.19. The summed E-state index contributed by atoms with van der Waals surface area (Å²) < 4.78 is 1.87. The highest BCUT2D eigenvalue weighted by molar-refractivity contribution is 5.87. The Labute approximate surface area is 116 Å². The normalized spacial score (nSPS) is 17.8. The molecule has 1 unspecified atom stereocenters. The molecule has 0 radical (unpaired) electrons. The number of aliphatic hydroxyl groups excluding tert-OH is 1. The van der Waals surface area contributed by atoms with E-state index in [1.807, 2.05) is 34.9 Å². The van der Waals surface area contributed by atoms with E-state index in [4.69, 9.17) is 0 Å². The molecule has 1 atom stereocenters. The fourth-order valence-corrected chi connectivity index (χ4v) is 2.75. The van der Waals surface area contributed by atoms with Crippen LogP contribution in [0.1, 0.15) is 46.5 Å². The maximum Gasteiger partial charge on any atom is 0.356 e. The molecule has 0 bridgehead atoms. The van der Waals surface area contributed by atoms with Crippen molar-refractivity contribution in [3.8, 4) is 0 Å². The number of fused-ring (bicyclic) bond motifs is 1. The average molecular weight is 272 g/mol. The summed E-state index contributed by atoms with van der Waals surface area (Å²) >= 11 is 0. The summed E-state index contributed by atoms with van der Waals surface area (Å²) in [5, 5.41) is 19.3. The molecule has 3 rings (SSSR count). The molecule has 20 heavy (non-hydrogen) atoms. The number of imidazole rings is 1. The van der Waals surface area contributed by atoms with Gasteiger partial charge in [-0.25, -0.2) is 9.78 Å². The Bertz CT molecular complexity index is 634. The third-order valence-corrected chi connectivity index (χ3v) is 3.67. The molecule has 0 aliphatic carbocycles. The van der Waals surface area contributed by atoms with Crippen LogP contribution in [0, 0.1) is 0 Å². The Hall–Kier alpha value is -2.14. The van der Waals surface area contributed by atoms with E-state index in [9.17, 15) is 15.0 Å².